The number of carbonyl (C=O) groups excluding carboxylic acids is 2. The van der Waals surface area contributed by atoms with E-state index < -0.39 is 0 Å². The van der Waals surface area contributed by atoms with Crippen molar-refractivity contribution in [1.29, 1.82) is 0 Å². The number of amides is 2. The number of hydrogen-bond acceptors (Lipinski definition) is 3. The van der Waals surface area contributed by atoms with Gasteiger partial charge in [0.2, 0.25) is 11.8 Å². The zero-order valence-corrected chi connectivity index (χ0v) is 13.2. The number of aryl methyl sites for hydroxylation is 1. The zero-order chi connectivity index (χ0) is 16.2. The van der Waals surface area contributed by atoms with Crippen LogP contribution in [0, 0.1) is 6.92 Å². The van der Waals surface area contributed by atoms with Crippen molar-refractivity contribution in [2.45, 2.75) is 20.0 Å². The highest BCUT2D eigenvalue weighted by Crippen LogP contribution is 2.11. The molecule has 2 heterocycles. The van der Waals surface area contributed by atoms with Gasteiger partial charge in [0.25, 0.3) is 0 Å². The van der Waals surface area contributed by atoms with Crippen LogP contribution >= 0.6 is 0 Å². The Morgan fingerprint density at radius 2 is 2.00 bits per heavy atom. The average molecular weight is 312 g/mol. The van der Waals surface area contributed by atoms with Gasteiger partial charge in [0.05, 0.1) is 6.54 Å². The van der Waals surface area contributed by atoms with E-state index in [1.165, 1.54) is 5.56 Å². The molecule has 6 nitrogen and oxygen atoms in total. The predicted molar refractivity (Wildman–Crippen MR) is 85.4 cm³/mol. The second-order valence-electron chi connectivity index (χ2n) is 5.82. The zero-order valence-electron chi connectivity index (χ0n) is 13.2. The molecule has 1 fully saturated rings. The summed E-state index contributed by atoms with van der Waals surface area (Å²) in [6.07, 6.45) is 3.38. The summed E-state index contributed by atoms with van der Waals surface area (Å²) in [7, 11) is 0. The maximum Gasteiger partial charge on any atom is 0.244 e. The number of hydrogen-bond donors (Lipinski definition) is 0. The molecule has 23 heavy (non-hydrogen) atoms. The smallest absolute Gasteiger partial charge is 0.244 e. The molecular weight excluding hydrogens is 292 g/mol. The van der Waals surface area contributed by atoms with Gasteiger partial charge in [-0.25, -0.2) is 0 Å². The summed E-state index contributed by atoms with van der Waals surface area (Å²) < 4.78 is 1.57. The monoisotopic (exact) mass is 312 g/mol. The van der Waals surface area contributed by atoms with Crippen LogP contribution in [0.2, 0.25) is 0 Å². The van der Waals surface area contributed by atoms with Crippen LogP contribution < -0.4 is 0 Å². The van der Waals surface area contributed by atoms with Crippen molar-refractivity contribution < 1.29 is 9.59 Å². The summed E-state index contributed by atoms with van der Waals surface area (Å²) >= 11 is 0. The largest absolute Gasteiger partial charge is 0.335 e. The number of benzene rings is 1. The fourth-order valence-electron chi connectivity index (χ4n) is 2.63. The van der Waals surface area contributed by atoms with Gasteiger partial charge in [-0.1, -0.05) is 29.8 Å². The molecule has 1 aromatic heterocycles. The number of piperazine rings is 1. The van der Waals surface area contributed by atoms with Gasteiger partial charge in [0.1, 0.15) is 6.54 Å². The lowest BCUT2D eigenvalue weighted by Crippen LogP contribution is -2.52. The molecule has 2 amide bonds. The quantitative estimate of drug-likeness (QED) is 0.848. The van der Waals surface area contributed by atoms with Crippen molar-refractivity contribution in [2.24, 2.45) is 0 Å². The second kappa shape index (κ2) is 6.64. The molecule has 0 spiro atoms. The molecule has 0 N–H and O–H groups in total. The van der Waals surface area contributed by atoms with E-state index in [4.69, 9.17) is 0 Å². The standard InChI is InChI=1S/C17H20N4O2/c1-14-3-5-15(6-4-14)11-19-9-10-20(12-16(19)22)17(23)13-21-8-2-7-18-21/h2-8H,9-13H2,1H3. The lowest BCUT2D eigenvalue weighted by atomic mass is 10.1. The molecule has 0 aliphatic carbocycles. The summed E-state index contributed by atoms with van der Waals surface area (Å²) in [6, 6.07) is 9.95. The second-order valence-corrected chi connectivity index (χ2v) is 5.82. The van der Waals surface area contributed by atoms with E-state index in [1.54, 1.807) is 28.0 Å². The van der Waals surface area contributed by atoms with E-state index in [-0.39, 0.29) is 24.9 Å². The van der Waals surface area contributed by atoms with E-state index in [0.29, 0.717) is 19.6 Å². The van der Waals surface area contributed by atoms with E-state index in [2.05, 4.69) is 5.10 Å². The van der Waals surface area contributed by atoms with Gasteiger partial charge in [-0.05, 0) is 18.6 Å². The average Bonchev–Trinajstić information content (AvgIpc) is 3.04. The van der Waals surface area contributed by atoms with Gasteiger partial charge in [-0.2, -0.15) is 5.10 Å². The number of aromatic nitrogens is 2. The van der Waals surface area contributed by atoms with Crippen molar-refractivity contribution in [2.75, 3.05) is 19.6 Å². The highest BCUT2D eigenvalue weighted by atomic mass is 16.2. The Labute approximate surface area is 135 Å². The predicted octanol–water partition coefficient (Wildman–Crippen LogP) is 1.06. The minimum absolute atomic E-state index is 0.00867. The van der Waals surface area contributed by atoms with Crippen LogP contribution in [-0.4, -0.2) is 51.0 Å². The first-order valence-electron chi connectivity index (χ1n) is 7.70. The van der Waals surface area contributed by atoms with E-state index >= 15 is 0 Å². The van der Waals surface area contributed by atoms with Crippen molar-refractivity contribution in [3.8, 4) is 0 Å². The van der Waals surface area contributed by atoms with Crippen LogP contribution in [0.1, 0.15) is 11.1 Å². The summed E-state index contributed by atoms with van der Waals surface area (Å²) in [5.74, 6) is -0.0809. The Kier molecular flexibility index (Phi) is 4.41. The Morgan fingerprint density at radius 1 is 1.22 bits per heavy atom. The third-order valence-corrected chi connectivity index (χ3v) is 4.02. The fraction of sp³-hybridized carbons (Fsp3) is 0.353. The minimum Gasteiger partial charge on any atom is -0.335 e. The van der Waals surface area contributed by atoms with Crippen LogP contribution in [0.4, 0.5) is 0 Å². The molecule has 0 atom stereocenters. The third kappa shape index (κ3) is 3.77. The molecule has 6 heteroatoms. The topological polar surface area (TPSA) is 58.4 Å². The molecule has 1 saturated heterocycles. The molecule has 1 aliphatic rings. The Bertz CT molecular complexity index is 679. The van der Waals surface area contributed by atoms with E-state index in [1.807, 2.05) is 36.1 Å². The fourth-order valence-corrected chi connectivity index (χ4v) is 2.63. The molecule has 0 saturated carbocycles. The van der Waals surface area contributed by atoms with Gasteiger partial charge < -0.3 is 9.80 Å². The van der Waals surface area contributed by atoms with Crippen molar-refractivity contribution in [3.05, 3.63) is 53.9 Å². The maximum atomic E-state index is 12.3. The summed E-state index contributed by atoms with van der Waals surface area (Å²) in [5.41, 5.74) is 2.31. The number of nitrogens with zero attached hydrogens (tertiary/aromatic N) is 4. The Hall–Kier alpha value is -2.63. The lowest BCUT2D eigenvalue weighted by Gasteiger charge is -2.34. The lowest BCUT2D eigenvalue weighted by molar-refractivity contribution is -0.146. The molecule has 3 rings (SSSR count). The van der Waals surface area contributed by atoms with Gasteiger partial charge in [0, 0.05) is 32.0 Å². The molecule has 2 aromatic rings. The Balaban J connectivity index is 1.55. The van der Waals surface area contributed by atoms with Crippen molar-refractivity contribution in [3.63, 3.8) is 0 Å². The number of rotatable bonds is 4. The molecule has 1 aromatic carbocycles. The first kappa shape index (κ1) is 15.3. The summed E-state index contributed by atoms with van der Waals surface area (Å²) in [6.45, 7) is 4.10. The molecule has 0 bridgehead atoms. The first-order chi connectivity index (χ1) is 11.1. The molecule has 1 aliphatic heterocycles. The van der Waals surface area contributed by atoms with Crippen LogP contribution in [0.15, 0.2) is 42.7 Å². The number of carbonyl (C=O) groups is 2. The van der Waals surface area contributed by atoms with Crippen LogP contribution in [0.3, 0.4) is 0 Å². The normalized spacial score (nSPS) is 15.1. The molecule has 120 valence electrons. The summed E-state index contributed by atoms with van der Waals surface area (Å²) in [5, 5.41) is 4.02. The maximum absolute atomic E-state index is 12.3. The molecular formula is C17H20N4O2. The van der Waals surface area contributed by atoms with Crippen LogP contribution in [0.25, 0.3) is 0 Å². The van der Waals surface area contributed by atoms with Gasteiger partial charge in [-0.3, -0.25) is 14.3 Å². The van der Waals surface area contributed by atoms with E-state index in [9.17, 15) is 9.59 Å². The van der Waals surface area contributed by atoms with Gasteiger partial charge in [0.15, 0.2) is 0 Å². The van der Waals surface area contributed by atoms with Crippen LogP contribution in [-0.2, 0) is 22.7 Å². The SMILES string of the molecule is Cc1ccc(CN2CCN(C(=O)Cn3cccn3)CC2=O)cc1. The van der Waals surface area contributed by atoms with E-state index in [0.717, 1.165) is 5.56 Å². The highest BCUT2D eigenvalue weighted by molar-refractivity contribution is 5.85. The molecule has 0 radical (unpaired) electrons. The third-order valence-electron chi connectivity index (χ3n) is 4.02. The van der Waals surface area contributed by atoms with Gasteiger partial charge in [-0.15, -0.1) is 0 Å². The van der Waals surface area contributed by atoms with Crippen molar-refractivity contribution >= 4 is 11.8 Å². The molecule has 0 unspecified atom stereocenters. The summed E-state index contributed by atoms with van der Waals surface area (Å²) in [4.78, 5) is 27.9. The van der Waals surface area contributed by atoms with Gasteiger partial charge >= 0.3 is 0 Å². The first-order valence-corrected chi connectivity index (χ1v) is 7.70. The highest BCUT2D eigenvalue weighted by Gasteiger charge is 2.27. The minimum atomic E-state index is -0.0722. The van der Waals surface area contributed by atoms with Crippen molar-refractivity contribution in [1.82, 2.24) is 19.6 Å². The Morgan fingerprint density at radius 3 is 2.65 bits per heavy atom. The van der Waals surface area contributed by atoms with Crippen LogP contribution in [0.5, 0.6) is 0 Å².